The zero-order chi connectivity index (χ0) is 19.2. The van der Waals surface area contributed by atoms with Gasteiger partial charge in [0.25, 0.3) is 0 Å². The number of hydrogen-bond donors (Lipinski definition) is 1. The first kappa shape index (κ1) is 18.7. The summed E-state index contributed by atoms with van der Waals surface area (Å²) in [5.74, 6) is 1.47. The molecule has 1 unspecified atom stereocenters. The van der Waals surface area contributed by atoms with E-state index in [1.165, 1.54) is 19.3 Å². The number of rotatable bonds is 7. The summed E-state index contributed by atoms with van der Waals surface area (Å²) >= 11 is 1.63. The summed E-state index contributed by atoms with van der Waals surface area (Å²) in [6.45, 7) is 2.22. The molecule has 0 saturated heterocycles. The summed E-state index contributed by atoms with van der Waals surface area (Å²) in [6, 6.07) is 13.7. The molecule has 0 radical (unpaired) electrons. The Balaban J connectivity index is 1.62. The monoisotopic (exact) mass is 393 g/mol. The number of pyridine rings is 1. The molecule has 0 aliphatic carbocycles. The Labute approximate surface area is 169 Å². The predicted molar refractivity (Wildman–Crippen MR) is 111 cm³/mol. The summed E-state index contributed by atoms with van der Waals surface area (Å²) < 4.78 is 6.21. The van der Waals surface area contributed by atoms with Gasteiger partial charge in [0.1, 0.15) is 5.69 Å². The van der Waals surface area contributed by atoms with Crippen molar-refractivity contribution in [2.45, 2.75) is 44.0 Å². The standard InChI is InChI=1S/C21H23N5OS/c1-2-3-4-9-14-28-21-24-20-18(25-26-21)15-10-5-6-11-16(15)23-19(27-20)17-12-7-8-13-22-17/h5-8,10-13,19,23H,2-4,9,14H2,1H3. The Kier molecular flexibility index (Phi) is 6.01. The molecular weight excluding hydrogens is 370 g/mol. The van der Waals surface area contributed by atoms with Gasteiger partial charge in [0.05, 0.1) is 0 Å². The summed E-state index contributed by atoms with van der Waals surface area (Å²) in [7, 11) is 0. The van der Waals surface area contributed by atoms with Crippen LogP contribution in [-0.4, -0.2) is 25.9 Å². The number of benzene rings is 1. The van der Waals surface area contributed by atoms with Gasteiger partial charge in [-0.15, -0.1) is 10.2 Å². The van der Waals surface area contributed by atoms with E-state index in [2.05, 4.69) is 32.4 Å². The molecule has 6 nitrogen and oxygen atoms in total. The van der Waals surface area contributed by atoms with Crippen molar-refractivity contribution in [1.29, 1.82) is 0 Å². The molecule has 1 atom stereocenters. The second kappa shape index (κ2) is 9.01. The topological polar surface area (TPSA) is 72.8 Å². The van der Waals surface area contributed by atoms with Crippen LogP contribution in [0.25, 0.3) is 11.3 Å². The van der Waals surface area contributed by atoms with Crippen molar-refractivity contribution >= 4 is 17.4 Å². The van der Waals surface area contributed by atoms with E-state index < -0.39 is 6.23 Å². The van der Waals surface area contributed by atoms with Gasteiger partial charge in [0.15, 0.2) is 5.69 Å². The summed E-state index contributed by atoms with van der Waals surface area (Å²) in [5, 5.41) is 12.8. The quantitative estimate of drug-likeness (QED) is 0.442. The second-order valence-corrected chi connectivity index (χ2v) is 7.66. The number of thioether (sulfide) groups is 1. The van der Waals surface area contributed by atoms with Crippen LogP contribution in [0.1, 0.15) is 44.5 Å². The fraction of sp³-hybridized carbons (Fsp3) is 0.333. The van der Waals surface area contributed by atoms with E-state index in [1.807, 2.05) is 42.5 Å². The van der Waals surface area contributed by atoms with Gasteiger partial charge >= 0.3 is 0 Å². The van der Waals surface area contributed by atoms with Crippen LogP contribution in [0.4, 0.5) is 5.69 Å². The first-order chi connectivity index (χ1) is 13.8. The maximum atomic E-state index is 6.21. The molecule has 4 rings (SSSR count). The molecule has 2 aromatic heterocycles. The van der Waals surface area contributed by atoms with Crippen LogP contribution in [0, 0.1) is 0 Å². The molecule has 1 aromatic carbocycles. The number of anilines is 1. The molecule has 0 spiro atoms. The molecule has 0 bridgehead atoms. The Morgan fingerprint density at radius 1 is 1.04 bits per heavy atom. The molecular formula is C21H23N5OS. The van der Waals surface area contributed by atoms with E-state index in [1.54, 1.807) is 18.0 Å². The number of nitrogens with zero attached hydrogens (tertiary/aromatic N) is 4. The van der Waals surface area contributed by atoms with Crippen LogP contribution in [0.5, 0.6) is 5.88 Å². The van der Waals surface area contributed by atoms with Crippen molar-refractivity contribution in [3.05, 3.63) is 54.4 Å². The molecule has 3 heterocycles. The fourth-order valence-corrected chi connectivity index (χ4v) is 3.84. The summed E-state index contributed by atoms with van der Waals surface area (Å²) in [4.78, 5) is 9.10. The smallest absolute Gasteiger partial charge is 0.247 e. The third-order valence-corrected chi connectivity index (χ3v) is 5.44. The Hall–Kier alpha value is -2.67. The van der Waals surface area contributed by atoms with Crippen LogP contribution in [0.2, 0.25) is 0 Å². The van der Waals surface area contributed by atoms with Crippen molar-refractivity contribution < 1.29 is 4.74 Å². The van der Waals surface area contributed by atoms with Gasteiger partial charge in [-0.05, 0) is 24.6 Å². The lowest BCUT2D eigenvalue weighted by molar-refractivity contribution is 0.220. The Morgan fingerprint density at radius 2 is 1.93 bits per heavy atom. The van der Waals surface area contributed by atoms with Crippen molar-refractivity contribution in [2.24, 2.45) is 0 Å². The minimum absolute atomic E-state index is 0.442. The van der Waals surface area contributed by atoms with Gasteiger partial charge in [0.2, 0.25) is 17.3 Å². The van der Waals surface area contributed by atoms with Gasteiger partial charge in [-0.3, -0.25) is 4.98 Å². The summed E-state index contributed by atoms with van der Waals surface area (Å²) in [5.41, 5.74) is 3.29. The van der Waals surface area contributed by atoms with Gasteiger partial charge in [-0.25, -0.2) is 0 Å². The lowest BCUT2D eigenvalue weighted by Gasteiger charge is -2.18. The van der Waals surface area contributed by atoms with E-state index in [9.17, 15) is 0 Å². The van der Waals surface area contributed by atoms with Gasteiger partial charge in [0, 0.05) is 23.2 Å². The molecule has 0 amide bonds. The first-order valence-electron chi connectivity index (χ1n) is 9.66. The highest BCUT2D eigenvalue weighted by molar-refractivity contribution is 7.99. The molecule has 0 fully saturated rings. The molecule has 1 aliphatic rings. The maximum Gasteiger partial charge on any atom is 0.247 e. The number of aromatic nitrogens is 4. The predicted octanol–water partition coefficient (Wildman–Crippen LogP) is 5.11. The molecule has 0 saturated carbocycles. The number of ether oxygens (including phenoxy) is 1. The third-order valence-electron chi connectivity index (χ3n) is 4.52. The minimum atomic E-state index is -0.442. The lowest BCUT2D eigenvalue weighted by atomic mass is 10.1. The van der Waals surface area contributed by atoms with E-state index >= 15 is 0 Å². The summed E-state index contributed by atoms with van der Waals surface area (Å²) in [6.07, 6.45) is 6.20. The van der Waals surface area contributed by atoms with Crippen molar-refractivity contribution in [2.75, 3.05) is 11.1 Å². The SMILES string of the molecule is CCCCCCSc1nnc2c(n1)OC(c1ccccn1)Nc1ccccc1-2. The van der Waals surface area contributed by atoms with Gasteiger partial charge < -0.3 is 10.1 Å². The van der Waals surface area contributed by atoms with Gasteiger partial charge in [-0.2, -0.15) is 4.98 Å². The van der Waals surface area contributed by atoms with E-state index in [0.717, 1.165) is 29.1 Å². The van der Waals surface area contributed by atoms with Crippen molar-refractivity contribution in [1.82, 2.24) is 20.2 Å². The van der Waals surface area contributed by atoms with Crippen LogP contribution in [0.3, 0.4) is 0 Å². The zero-order valence-electron chi connectivity index (χ0n) is 15.8. The number of nitrogens with one attached hydrogen (secondary N) is 1. The van der Waals surface area contributed by atoms with Crippen molar-refractivity contribution in [3.8, 4) is 17.1 Å². The van der Waals surface area contributed by atoms with E-state index in [0.29, 0.717) is 16.7 Å². The molecule has 144 valence electrons. The normalized spacial score (nSPS) is 15.0. The average molecular weight is 394 g/mol. The molecule has 3 aromatic rings. The Morgan fingerprint density at radius 3 is 2.79 bits per heavy atom. The number of hydrogen-bond acceptors (Lipinski definition) is 7. The van der Waals surface area contributed by atoms with E-state index in [-0.39, 0.29) is 0 Å². The maximum absolute atomic E-state index is 6.21. The highest BCUT2D eigenvalue weighted by Crippen LogP contribution is 2.39. The molecule has 28 heavy (non-hydrogen) atoms. The average Bonchev–Trinajstić information content (AvgIpc) is 2.91. The minimum Gasteiger partial charge on any atom is -0.446 e. The number of fused-ring (bicyclic) bond motifs is 3. The van der Waals surface area contributed by atoms with Gasteiger partial charge in [-0.1, -0.05) is 62.2 Å². The van der Waals surface area contributed by atoms with Crippen LogP contribution in [0.15, 0.2) is 53.8 Å². The van der Waals surface area contributed by atoms with Crippen LogP contribution >= 0.6 is 11.8 Å². The largest absolute Gasteiger partial charge is 0.446 e. The molecule has 1 N–H and O–H groups in total. The van der Waals surface area contributed by atoms with Crippen LogP contribution in [-0.2, 0) is 0 Å². The number of para-hydroxylation sites is 1. The highest BCUT2D eigenvalue weighted by Gasteiger charge is 2.26. The fourth-order valence-electron chi connectivity index (χ4n) is 3.07. The van der Waals surface area contributed by atoms with Crippen molar-refractivity contribution in [3.63, 3.8) is 0 Å². The van der Waals surface area contributed by atoms with E-state index in [4.69, 9.17) is 4.74 Å². The lowest BCUT2D eigenvalue weighted by Crippen LogP contribution is -2.18. The zero-order valence-corrected chi connectivity index (χ0v) is 16.7. The molecule has 1 aliphatic heterocycles. The van der Waals surface area contributed by atoms with Crippen LogP contribution < -0.4 is 10.1 Å². The molecule has 7 heteroatoms. The second-order valence-electron chi connectivity index (χ2n) is 6.60. The highest BCUT2D eigenvalue weighted by atomic mass is 32.2. The third kappa shape index (κ3) is 4.25. The first-order valence-corrected chi connectivity index (χ1v) is 10.6. The number of unbranched alkanes of at least 4 members (excludes halogenated alkanes) is 3. The Bertz CT molecular complexity index is 922.